The Morgan fingerprint density at radius 2 is 1.46 bits per heavy atom. The summed E-state index contributed by atoms with van der Waals surface area (Å²) < 4.78 is 65.2. The van der Waals surface area contributed by atoms with Crippen molar-refractivity contribution in [3.8, 4) is 28.7 Å². The topological polar surface area (TPSA) is 149 Å². The van der Waals surface area contributed by atoms with E-state index in [9.17, 15) is 12.6 Å². The lowest BCUT2D eigenvalue weighted by Crippen LogP contribution is -2.13. The summed E-state index contributed by atoms with van der Waals surface area (Å²) in [6, 6.07) is 12.0. The van der Waals surface area contributed by atoms with Crippen LogP contribution < -0.4 is 34.6 Å². The molecule has 3 aromatic carbocycles. The van der Waals surface area contributed by atoms with Crippen molar-refractivity contribution in [2.75, 3.05) is 39.9 Å². The fourth-order valence-corrected chi connectivity index (χ4v) is 5.32. The lowest BCUT2D eigenvalue weighted by Gasteiger charge is -2.13. The Labute approximate surface area is 218 Å². The minimum Gasteiger partial charge on any atom is -0.496 e. The maximum Gasteiger partial charge on any atom is 0.341 e. The Morgan fingerprint density at radius 1 is 0.811 bits per heavy atom. The highest BCUT2D eigenvalue weighted by molar-refractivity contribution is 7.87. The van der Waals surface area contributed by atoms with Gasteiger partial charge in [-0.25, -0.2) is 0 Å². The van der Waals surface area contributed by atoms with E-state index in [1.807, 2.05) is 0 Å². The number of benzene rings is 3. The Kier molecular flexibility index (Phi) is 8.90. The molecule has 10 nitrogen and oxygen atoms in total. The molecule has 0 bridgehead atoms. The van der Waals surface area contributed by atoms with Crippen LogP contribution in [0.1, 0.15) is 11.1 Å². The molecule has 1 unspecified atom stereocenters. The second-order valence-electron chi connectivity index (χ2n) is 7.59. The lowest BCUT2D eigenvalue weighted by molar-refractivity contribution is 0.374. The maximum absolute atomic E-state index is 12.9. The van der Waals surface area contributed by atoms with Gasteiger partial charge in [0.05, 0.1) is 56.2 Å². The third-order valence-electron chi connectivity index (χ3n) is 5.18. The number of anilines is 2. The van der Waals surface area contributed by atoms with Gasteiger partial charge in [-0.15, -0.1) is 0 Å². The Morgan fingerprint density at radius 3 is 2.03 bits per heavy atom. The van der Waals surface area contributed by atoms with Crippen molar-refractivity contribution in [3.63, 3.8) is 0 Å². The Hall–Kier alpha value is -3.90. The lowest BCUT2D eigenvalue weighted by atomic mass is 10.1. The molecule has 0 amide bonds. The number of methoxy groups -OCH3 is 4. The van der Waals surface area contributed by atoms with Crippen molar-refractivity contribution in [3.05, 3.63) is 65.1 Å². The molecule has 1 atom stereocenters. The molecule has 0 saturated carbocycles. The van der Waals surface area contributed by atoms with Gasteiger partial charge in [0.1, 0.15) is 22.1 Å². The van der Waals surface area contributed by atoms with E-state index in [4.69, 9.17) is 34.6 Å². The van der Waals surface area contributed by atoms with Crippen molar-refractivity contribution in [2.24, 2.45) is 0 Å². The van der Waals surface area contributed by atoms with Gasteiger partial charge in [0.25, 0.3) is 0 Å². The van der Waals surface area contributed by atoms with Gasteiger partial charge in [0, 0.05) is 23.2 Å². The van der Waals surface area contributed by atoms with E-state index in [0.717, 1.165) is 0 Å². The van der Waals surface area contributed by atoms with Crippen LogP contribution in [0.25, 0.3) is 6.08 Å². The van der Waals surface area contributed by atoms with E-state index in [0.29, 0.717) is 34.1 Å². The zero-order chi connectivity index (χ0) is 27.2. The van der Waals surface area contributed by atoms with Crippen molar-refractivity contribution < 1.29 is 35.8 Å². The first kappa shape index (κ1) is 27.7. The van der Waals surface area contributed by atoms with Crippen LogP contribution >= 0.6 is 0 Å². The number of hydrogen-bond donors (Lipinski definition) is 2. The fourth-order valence-electron chi connectivity index (χ4n) is 3.39. The molecule has 0 aliphatic carbocycles. The molecule has 198 valence electrons. The molecule has 3 rings (SSSR count). The van der Waals surface area contributed by atoms with E-state index in [-0.39, 0.29) is 27.8 Å². The molecule has 0 spiro atoms. The zero-order valence-electron chi connectivity index (χ0n) is 20.7. The molecule has 0 heterocycles. The molecular weight excluding hydrogens is 520 g/mol. The number of rotatable bonds is 11. The second-order valence-corrected chi connectivity index (χ2v) is 10.4. The third-order valence-corrected chi connectivity index (χ3v) is 7.55. The van der Waals surface area contributed by atoms with Gasteiger partial charge >= 0.3 is 10.1 Å². The van der Waals surface area contributed by atoms with E-state index < -0.39 is 20.9 Å². The molecule has 0 saturated heterocycles. The summed E-state index contributed by atoms with van der Waals surface area (Å²) in [5.41, 5.74) is 12.9. The summed E-state index contributed by atoms with van der Waals surface area (Å²) >= 11 is 0. The van der Waals surface area contributed by atoms with Gasteiger partial charge in [-0.1, -0.05) is 6.07 Å². The summed E-state index contributed by atoms with van der Waals surface area (Å²) in [5.74, 6) is 1.69. The first-order chi connectivity index (χ1) is 17.6. The van der Waals surface area contributed by atoms with Crippen LogP contribution in [0.15, 0.2) is 58.8 Å². The fraction of sp³-hybridized carbons (Fsp3) is 0.200. The Balaban J connectivity index is 1.85. The molecule has 4 N–H and O–H groups in total. The van der Waals surface area contributed by atoms with Crippen LogP contribution in [0.2, 0.25) is 0 Å². The minimum absolute atomic E-state index is 0.0502. The van der Waals surface area contributed by atoms with Gasteiger partial charge in [-0.05, 0) is 42.0 Å². The molecule has 0 aromatic heterocycles. The molecule has 12 heteroatoms. The molecule has 3 aromatic rings. The van der Waals surface area contributed by atoms with E-state index in [1.54, 1.807) is 24.3 Å². The summed E-state index contributed by atoms with van der Waals surface area (Å²) in [6.07, 6.45) is 1.63. The number of nitrogen functional groups attached to an aromatic ring is 2. The maximum atomic E-state index is 12.9. The van der Waals surface area contributed by atoms with Crippen molar-refractivity contribution in [1.82, 2.24) is 0 Å². The van der Waals surface area contributed by atoms with Gasteiger partial charge in [0.15, 0.2) is 11.5 Å². The van der Waals surface area contributed by atoms with E-state index in [2.05, 4.69) is 0 Å². The average molecular weight is 549 g/mol. The second kappa shape index (κ2) is 11.9. The molecule has 0 aliphatic heterocycles. The van der Waals surface area contributed by atoms with Crippen molar-refractivity contribution in [2.45, 2.75) is 10.6 Å². The quantitative estimate of drug-likeness (QED) is 0.269. The van der Waals surface area contributed by atoms with Crippen molar-refractivity contribution >= 4 is 38.4 Å². The van der Waals surface area contributed by atoms with Crippen LogP contribution in [0.5, 0.6) is 28.7 Å². The summed E-state index contributed by atoms with van der Waals surface area (Å²) in [5, 5.41) is 1.49. The first-order valence-corrected chi connectivity index (χ1v) is 13.5. The number of nitrogens with two attached hydrogens (primary N) is 2. The predicted octanol–water partition coefficient (Wildman–Crippen LogP) is 3.57. The van der Waals surface area contributed by atoms with Crippen LogP contribution in [-0.4, -0.2) is 41.1 Å². The highest BCUT2D eigenvalue weighted by Crippen LogP contribution is 2.36. The van der Waals surface area contributed by atoms with Crippen LogP contribution in [0, 0.1) is 0 Å². The highest BCUT2D eigenvalue weighted by Gasteiger charge is 2.22. The molecule has 0 fully saturated rings. The first-order valence-electron chi connectivity index (χ1n) is 10.7. The van der Waals surface area contributed by atoms with E-state index >= 15 is 0 Å². The number of hydrogen-bond acceptors (Lipinski definition) is 10. The Bertz CT molecular complexity index is 1410. The normalized spacial score (nSPS) is 12.2. The SMILES string of the molecule is COc1cc(OC)c(C=CS(=O)Cc2ccc(OC)c(OS(=O)(=O)c3ccc(N)cc3N)c2)c(OC)c1. The summed E-state index contributed by atoms with van der Waals surface area (Å²) in [4.78, 5) is -0.233. The number of ether oxygens (including phenoxy) is 4. The summed E-state index contributed by atoms with van der Waals surface area (Å²) in [6.45, 7) is 0. The largest absolute Gasteiger partial charge is 0.496 e. The standard InChI is InChI=1S/C25H28N2O8S2/c1-31-18-13-22(33-3)19(23(14-18)34-4)9-10-36(28)15-16-5-7-21(32-2)24(11-16)35-37(29,30)25-8-6-17(26)12-20(25)27/h5-14H,15,26-27H2,1-4H3. The van der Waals surface area contributed by atoms with Gasteiger partial charge in [0.2, 0.25) is 0 Å². The molecule has 0 radical (unpaired) electrons. The predicted molar refractivity (Wildman–Crippen MR) is 143 cm³/mol. The van der Waals surface area contributed by atoms with E-state index in [1.165, 1.54) is 64.2 Å². The minimum atomic E-state index is -4.29. The van der Waals surface area contributed by atoms with Gasteiger partial charge in [-0.2, -0.15) is 8.42 Å². The smallest absolute Gasteiger partial charge is 0.341 e. The molecule has 0 aliphatic rings. The van der Waals surface area contributed by atoms with Gasteiger partial charge in [-0.3, -0.25) is 4.21 Å². The van der Waals surface area contributed by atoms with Gasteiger partial charge < -0.3 is 34.6 Å². The third kappa shape index (κ3) is 6.66. The average Bonchev–Trinajstić information content (AvgIpc) is 2.86. The van der Waals surface area contributed by atoms with Crippen LogP contribution in [0.3, 0.4) is 0 Å². The van der Waals surface area contributed by atoms with Crippen LogP contribution in [-0.2, 0) is 26.7 Å². The molecule has 37 heavy (non-hydrogen) atoms. The zero-order valence-corrected chi connectivity index (χ0v) is 22.4. The van der Waals surface area contributed by atoms with Crippen molar-refractivity contribution in [1.29, 1.82) is 0 Å². The summed E-state index contributed by atoms with van der Waals surface area (Å²) in [7, 11) is 0.143. The molecular formula is C25H28N2O8S2. The highest BCUT2D eigenvalue weighted by atomic mass is 32.2. The monoisotopic (exact) mass is 548 g/mol. The van der Waals surface area contributed by atoms with Crippen LogP contribution in [0.4, 0.5) is 11.4 Å².